The molecule has 2 heterocycles. The van der Waals surface area contributed by atoms with Gasteiger partial charge in [-0.1, -0.05) is 6.07 Å². The molecule has 1 saturated heterocycles. The van der Waals surface area contributed by atoms with E-state index in [4.69, 9.17) is 0 Å². The molecule has 6 nitrogen and oxygen atoms in total. The average molecular weight is 500 g/mol. The molecule has 1 aliphatic rings. The predicted octanol–water partition coefficient (Wildman–Crippen LogP) is 3.13. The maximum atomic E-state index is 13.4. The summed E-state index contributed by atoms with van der Waals surface area (Å²) in [4.78, 5) is 6.59. The van der Waals surface area contributed by atoms with Gasteiger partial charge in [-0.3, -0.25) is 9.67 Å². The minimum atomic E-state index is -0.182. The van der Waals surface area contributed by atoms with Gasteiger partial charge in [-0.25, -0.2) is 4.39 Å². The Bertz CT molecular complexity index is 811. The zero-order valence-corrected chi connectivity index (χ0v) is 19.3. The molecule has 0 amide bonds. The Morgan fingerprint density at radius 1 is 1.29 bits per heavy atom. The third kappa shape index (κ3) is 5.36. The average Bonchev–Trinajstić information content (AvgIpc) is 2.91. The Morgan fingerprint density at radius 3 is 2.57 bits per heavy atom. The molecular formula is C20H30FIN6. The van der Waals surface area contributed by atoms with Crippen molar-refractivity contribution in [3.8, 4) is 0 Å². The van der Waals surface area contributed by atoms with Gasteiger partial charge in [0.2, 0.25) is 0 Å². The number of anilines is 1. The molecule has 0 unspecified atom stereocenters. The number of hydrogen-bond acceptors (Lipinski definition) is 3. The summed E-state index contributed by atoms with van der Waals surface area (Å²) in [5, 5.41) is 11.4. The molecule has 0 saturated carbocycles. The van der Waals surface area contributed by atoms with Gasteiger partial charge in [-0.2, -0.15) is 5.10 Å². The first kappa shape index (κ1) is 22.4. The van der Waals surface area contributed by atoms with E-state index in [-0.39, 0.29) is 29.8 Å². The molecule has 154 valence electrons. The number of aryl methyl sites for hydroxylation is 2. The molecule has 1 aliphatic heterocycles. The molecule has 0 radical (unpaired) electrons. The van der Waals surface area contributed by atoms with Gasteiger partial charge in [0, 0.05) is 56.7 Å². The Labute approximate surface area is 183 Å². The van der Waals surface area contributed by atoms with E-state index < -0.39 is 0 Å². The molecule has 1 fully saturated rings. The zero-order valence-electron chi connectivity index (χ0n) is 17.0. The monoisotopic (exact) mass is 500 g/mol. The van der Waals surface area contributed by atoms with E-state index in [9.17, 15) is 4.39 Å². The molecule has 0 aliphatic carbocycles. The SMILES string of the molecule is CN=C(NCc1c(C)nn(C)c1C)NC1CCN(c2cccc(F)c2)CC1.I. The van der Waals surface area contributed by atoms with Crippen LogP contribution in [-0.4, -0.2) is 41.9 Å². The minimum absolute atomic E-state index is 0. The smallest absolute Gasteiger partial charge is 0.191 e. The van der Waals surface area contributed by atoms with Crippen molar-refractivity contribution in [3.63, 3.8) is 0 Å². The number of nitrogens with one attached hydrogen (secondary N) is 2. The summed E-state index contributed by atoms with van der Waals surface area (Å²) in [6.07, 6.45) is 1.98. The van der Waals surface area contributed by atoms with Crippen LogP contribution >= 0.6 is 24.0 Å². The number of piperidine rings is 1. The molecule has 8 heteroatoms. The van der Waals surface area contributed by atoms with Crippen molar-refractivity contribution >= 4 is 35.6 Å². The highest BCUT2D eigenvalue weighted by atomic mass is 127. The minimum Gasteiger partial charge on any atom is -0.371 e. The van der Waals surface area contributed by atoms with Crippen LogP contribution in [-0.2, 0) is 13.6 Å². The highest BCUT2D eigenvalue weighted by molar-refractivity contribution is 14.0. The second-order valence-corrected chi connectivity index (χ2v) is 7.08. The Kier molecular flexibility index (Phi) is 8.09. The fourth-order valence-electron chi connectivity index (χ4n) is 3.59. The van der Waals surface area contributed by atoms with Gasteiger partial charge in [0.25, 0.3) is 0 Å². The third-order valence-corrected chi connectivity index (χ3v) is 5.32. The molecule has 28 heavy (non-hydrogen) atoms. The zero-order chi connectivity index (χ0) is 19.4. The normalized spacial score (nSPS) is 15.3. The highest BCUT2D eigenvalue weighted by Crippen LogP contribution is 2.20. The Hall–Kier alpha value is -1.84. The van der Waals surface area contributed by atoms with E-state index in [1.165, 1.54) is 17.3 Å². The lowest BCUT2D eigenvalue weighted by atomic mass is 10.0. The number of benzene rings is 1. The highest BCUT2D eigenvalue weighted by Gasteiger charge is 2.20. The van der Waals surface area contributed by atoms with E-state index in [0.29, 0.717) is 12.6 Å². The van der Waals surface area contributed by atoms with Gasteiger partial charge in [-0.15, -0.1) is 24.0 Å². The van der Waals surface area contributed by atoms with Gasteiger partial charge in [0.15, 0.2) is 5.96 Å². The van der Waals surface area contributed by atoms with Crippen molar-refractivity contribution in [2.45, 2.75) is 39.3 Å². The fraction of sp³-hybridized carbons (Fsp3) is 0.500. The van der Waals surface area contributed by atoms with Crippen LogP contribution in [0.2, 0.25) is 0 Å². The molecule has 0 bridgehead atoms. The number of aromatic nitrogens is 2. The molecule has 2 aromatic rings. The Morgan fingerprint density at radius 2 is 2.00 bits per heavy atom. The molecule has 2 N–H and O–H groups in total. The van der Waals surface area contributed by atoms with Crippen LogP contribution in [0.15, 0.2) is 29.3 Å². The largest absolute Gasteiger partial charge is 0.371 e. The number of rotatable bonds is 4. The molecule has 0 atom stereocenters. The summed E-state index contributed by atoms with van der Waals surface area (Å²) >= 11 is 0. The molecule has 1 aromatic heterocycles. The summed E-state index contributed by atoms with van der Waals surface area (Å²) in [7, 11) is 3.76. The number of hydrogen-bond donors (Lipinski definition) is 2. The first-order chi connectivity index (χ1) is 13.0. The maximum absolute atomic E-state index is 13.4. The number of aliphatic imine (C=N–C) groups is 1. The molecule has 3 rings (SSSR count). The topological polar surface area (TPSA) is 57.5 Å². The van der Waals surface area contributed by atoms with Crippen LogP contribution in [0.1, 0.15) is 29.8 Å². The first-order valence-corrected chi connectivity index (χ1v) is 9.44. The van der Waals surface area contributed by atoms with Gasteiger partial charge in [-0.05, 0) is 44.9 Å². The van der Waals surface area contributed by atoms with Crippen LogP contribution < -0.4 is 15.5 Å². The van der Waals surface area contributed by atoms with E-state index in [2.05, 4.69) is 32.5 Å². The van der Waals surface area contributed by atoms with Crippen molar-refractivity contribution < 1.29 is 4.39 Å². The standard InChI is InChI=1S/C20H29FN6.HI/c1-14-19(15(2)26(4)25-14)13-23-20(22-3)24-17-8-10-27(11-9-17)18-7-5-6-16(21)12-18;/h5-7,12,17H,8-11,13H2,1-4H3,(H2,22,23,24);1H. The van der Waals surface area contributed by atoms with Gasteiger partial charge in [0.05, 0.1) is 5.69 Å². The van der Waals surface area contributed by atoms with Gasteiger partial charge in [0.1, 0.15) is 5.82 Å². The summed E-state index contributed by atoms with van der Waals surface area (Å²) < 4.78 is 15.3. The number of guanidine groups is 1. The second-order valence-electron chi connectivity index (χ2n) is 7.08. The second kappa shape index (κ2) is 10.1. The predicted molar refractivity (Wildman–Crippen MR) is 123 cm³/mol. The Balaban J connectivity index is 0.00000280. The van der Waals surface area contributed by atoms with Crippen LogP contribution in [0, 0.1) is 19.7 Å². The summed E-state index contributed by atoms with van der Waals surface area (Å²) in [6.45, 7) is 6.61. The summed E-state index contributed by atoms with van der Waals surface area (Å²) in [6, 6.07) is 7.18. The van der Waals surface area contributed by atoms with Crippen molar-refractivity contribution in [2.75, 3.05) is 25.0 Å². The van der Waals surface area contributed by atoms with E-state index in [0.717, 1.165) is 43.3 Å². The maximum Gasteiger partial charge on any atom is 0.191 e. The van der Waals surface area contributed by atoms with Crippen LogP contribution in [0.3, 0.4) is 0 Å². The molecular weight excluding hydrogens is 470 g/mol. The summed E-state index contributed by atoms with van der Waals surface area (Å²) in [5.41, 5.74) is 4.38. The lowest BCUT2D eigenvalue weighted by molar-refractivity contribution is 0.461. The van der Waals surface area contributed by atoms with E-state index >= 15 is 0 Å². The fourth-order valence-corrected chi connectivity index (χ4v) is 3.59. The quantitative estimate of drug-likeness (QED) is 0.385. The molecule has 1 aromatic carbocycles. The van der Waals surface area contributed by atoms with Gasteiger partial charge >= 0.3 is 0 Å². The first-order valence-electron chi connectivity index (χ1n) is 9.44. The number of nitrogens with zero attached hydrogens (tertiary/aromatic N) is 4. The molecule has 0 spiro atoms. The summed E-state index contributed by atoms with van der Waals surface area (Å²) in [5.74, 6) is 0.625. The van der Waals surface area contributed by atoms with Crippen molar-refractivity contribution in [2.24, 2.45) is 12.0 Å². The lowest BCUT2D eigenvalue weighted by Crippen LogP contribution is -2.48. The van der Waals surface area contributed by atoms with Crippen molar-refractivity contribution in [3.05, 3.63) is 47.0 Å². The van der Waals surface area contributed by atoms with Crippen molar-refractivity contribution in [1.29, 1.82) is 0 Å². The van der Waals surface area contributed by atoms with E-state index in [1.54, 1.807) is 19.2 Å². The van der Waals surface area contributed by atoms with E-state index in [1.807, 2.05) is 24.7 Å². The van der Waals surface area contributed by atoms with Crippen LogP contribution in [0.5, 0.6) is 0 Å². The van der Waals surface area contributed by atoms with Crippen LogP contribution in [0.4, 0.5) is 10.1 Å². The van der Waals surface area contributed by atoms with Crippen LogP contribution in [0.25, 0.3) is 0 Å². The van der Waals surface area contributed by atoms with Crippen molar-refractivity contribution in [1.82, 2.24) is 20.4 Å². The third-order valence-electron chi connectivity index (χ3n) is 5.32. The van der Waals surface area contributed by atoms with Gasteiger partial charge < -0.3 is 15.5 Å². The lowest BCUT2D eigenvalue weighted by Gasteiger charge is -2.34. The number of halogens is 2.